The second kappa shape index (κ2) is 6.03. The van der Waals surface area contributed by atoms with Crippen molar-refractivity contribution in [3.63, 3.8) is 0 Å². The molecular formula is C11H14F2N2O2. The van der Waals surface area contributed by atoms with Crippen molar-refractivity contribution >= 4 is 17.5 Å². The van der Waals surface area contributed by atoms with Crippen molar-refractivity contribution in [2.45, 2.75) is 19.4 Å². The van der Waals surface area contributed by atoms with Gasteiger partial charge in [-0.2, -0.15) is 0 Å². The lowest BCUT2D eigenvalue weighted by molar-refractivity contribution is 0.130. The van der Waals surface area contributed by atoms with Gasteiger partial charge in [0.1, 0.15) is 0 Å². The third kappa shape index (κ3) is 4.26. The number of nitrogens with one attached hydrogen (secondary N) is 2. The Morgan fingerprint density at radius 2 is 2.00 bits per heavy atom. The molecule has 0 heterocycles. The summed E-state index contributed by atoms with van der Waals surface area (Å²) in [5.41, 5.74) is 0.981. The van der Waals surface area contributed by atoms with E-state index in [2.05, 4.69) is 15.4 Å². The van der Waals surface area contributed by atoms with Crippen LogP contribution in [0.3, 0.4) is 0 Å². The third-order valence-electron chi connectivity index (χ3n) is 2.07. The van der Waals surface area contributed by atoms with Crippen molar-refractivity contribution in [2.24, 2.45) is 0 Å². The maximum absolute atomic E-state index is 12.3. The minimum Gasteiger partial charge on any atom is -0.453 e. The Hall–Kier alpha value is -1.85. The van der Waals surface area contributed by atoms with Crippen LogP contribution in [0.25, 0.3) is 0 Å². The molecule has 0 bridgehead atoms. The van der Waals surface area contributed by atoms with Gasteiger partial charge in [-0.25, -0.2) is 13.6 Å². The van der Waals surface area contributed by atoms with Gasteiger partial charge in [0.05, 0.1) is 13.2 Å². The number of carbonyl (C=O) groups is 1. The molecular weight excluding hydrogens is 230 g/mol. The van der Waals surface area contributed by atoms with Crippen LogP contribution in [0.2, 0.25) is 0 Å². The molecule has 1 rings (SSSR count). The van der Waals surface area contributed by atoms with Gasteiger partial charge >= 0.3 is 6.09 Å². The Bertz CT molecular complexity index is 385. The van der Waals surface area contributed by atoms with Gasteiger partial charge in [-0.15, -0.1) is 0 Å². The van der Waals surface area contributed by atoms with Crippen LogP contribution < -0.4 is 10.6 Å². The Morgan fingerprint density at radius 3 is 2.59 bits per heavy atom. The highest BCUT2D eigenvalue weighted by Gasteiger charge is 2.13. The van der Waals surface area contributed by atoms with Gasteiger partial charge in [-0.3, -0.25) is 5.32 Å². The minimum atomic E-state index is -2.45. The van der Waals surface area contributed by atoms with E-state index in [-0.39, 0.29) is 0 Å². The minimum absolute atomic E-state index is 0.475. The van der Waals surface area contributed by atoms with E-state index in [4.69, 9.17) is 0 Å². The topological polar surface area (TPSA) is 50.4 Å². The molecule has 0 fully saturated rings. The fourth-order valence-corrected chi connectivity index (χ4v) is 1.18. The van der Waals surface area contributed by atoms with E-state index in [9.17, 15) is 13.6 Å². The fraction of sp³-hybridized carbons (Fsp3) is 0.364. The quantitative estimate of drug-likeness (QED) is 0.856. The van der Waals surface area contributed by atoms with E-state index in [1.54, 1.807) is 24.3 Å². The van der Waals surface area contributed by atoms with Gasteiger partial charge in [0.15, 0.2) is 0 Å². The number of anilines is 2. The average Bonchev–Trinajstić information content (AvgIpc) is 2.29. The average molecular weight is 244 g/mol. The van der Waals surface area contributed by atoms with Crippen molar-refractivity contribution in [3.05, 3.63) is 24.3 Å². The summed E-state index contributed by atoms with van der Waals surface area (Å²) in [6.07, 6.45) is -3.06. The molecule has 1 amide bonds. The van der Waals surface area contributed by atoms with Gasteiger partial charge in [0.2, 0.25) is 0 Å². The lowest BCUT2D eigenvalue weighted by Gasteiger charge is -2.14. The van der Waals surface area contributed by atoms with Crippen molar-refractivity contribution in [1.29, 1.82) is 0 Å². The zero-order chi connectivity index (χ0) is 12.8. The summed E-state index contributed by atoms with van der Waals surface area (Å²) in [5.74, 6) is 0. The van der Waals surface area contributed by atoms with E-state index >= 15 is 0 Å². The monoisotopic (exact) mass is 244 g/mol. The highest BCUT2D eigenvalue weighted by atomic mass is 19.3. The number of hydrogen-bond acceptors (Lipinski definition) is 3. The van der Waals surface area contributed by atoms with E-state index in [1.807, 2.05) is 0 Å². The first-order chi connectivity index (χ1) is 8.02. The van der Waals surface area contributed by atoms with Crippen LogP contribution in [-0.4, -0.2) is 25.7 Å². The van der Waals surface area contributed by atoms with Crippen molar-refractivity contribution in [1.82, 2.24) is 0 Å². The van der Waals surface area contributed by atoms with E-state index in [0.29, 0.717) is 11.4 Å². The van der Waals surface area contributed by atoms with Crippen LogP contribution in [0.15, 0.2) is 24.3 Å². The molecule has 2 N–H and O–H groups in total. The normalized spacial score (nSPS) is 12.1. The second-order valence-electron chi connectivity index (χ2n) is 3.46. The molecule has 1 atom stereocenters. The molecule has 0 radical (unpaired) electrons. The number of ether oxygens (including phenoxy) is 1. The van der Waals surface area contributed by atoms with Gasteiger partial charge in [-0.05, 0) is 25.1 Å². The molecule has 0 saturated heterocycles. The predicted molar refractivity (Wildman–Crippen MR) is 61.6 cm³/mol. The van der Waals surface area contributed by atoms with Crippen molar-refractivity contribution < 1.29 is 18.3 Å². The Kier molecular flexibility index (Phi) is 4.68. The first-order valence-corrected chi connectivity index (χ1v) is 5.02. The summed E-state index contributed by atoms with van der Waals surface area (Å²) in [5, 5.41) is 5.08. The summed E-state index contributed by atoms with van der Waals surface area (Å²) in [6, 6.07) is 5.52. The molecule has 0 saturated carbocycles. The molecule has 1 unspecified atom stereocenters. The summed E-state index contributed by atoms with van der Waals surface area (Å²) < 4.78 is 29.1. The van der Waals surface area contributed by atoms with Crippen LogP contribution in [0.4, 0.5) is 25.0 Å². The molecule has 4 nitrogen and oxygen atoms in total. The number of methoxy groups -OCH3 is 1. The van der Waals surface area contributed by atoms with Crippen LogP contribution in [0.5, 0.6) is 0 Å². The Morgan fingerprint density at radius 1 is 1.35 bits per heavy atom. The first kappa shape index (κ1) is 13.2. The number of carbonyl (C=O) groups excluding carboxylic acids is 1. The summed E-state index contributed by atoms with van der Waals surface area (Å²) in [6.45, 7) is 1.38. The van der Waals surface area contributed by atoms with Crippen molar-refractivity contribution in [3.8, 4) is 0 Å². The molecule has 0 aliphatic heterocycles. The molecule has 1 aromatic carbocycles. The van der Waals surface area contributed by atoms with Crippen LogP contribution in [0, 0.1) is 0 Å². The van der Waals surface area contributed by atoms with Crippen LogP contribution >= 0.6 is 0 Å². The smallest absolute Gasteiger partial charge is 0.411 e. The van der Waals surface area contributed by atoms with E-state index in [1.165, 1.54) is 14.0 Å². The molecule has 1 aromatic rings. The Labute approximate surface area is 98.0 Å². The molecule has 0 aliphatic rings. The number of amides is 1. The van der Waals surface area contributed by atoms with E-state index in [0.717, 1.165) is 0 Å². The lowest BCUT2D eigenvalue weighted by Crippen LogP contribution is -2.23. The van der Waals surface area contributed by atoms with E-state index < -0.39 is 18.6 Å². The molecule has 0 aliphatic carbocycles. The number of benzene rings is 1. The number of rotatable bonds is 4. The van der Waals surface area contributed by atoms with Gasteiger partial charge in [0, 0.05) is 11.4 Å². The predicted octanol–water partition coefficient (Wildman–Crippen LogP) is 2.93. The maximum atomic E-state index is 12.3. The second-order valence-corrected chi connectivity index (χ2v) is 3.46. The standard InChI is InChI=1S/C11H14F2N2O2/c1-7(10(12)13)14-8-4-3-5-9(6-8)15-11(16)17-2/h3-7,10,14H,1-2H3,(H,15,16). The molecule has 94 valence electrons. The lowest BCUT2D eigenvalue weighted by atomic mass is 10.2. The number of hydrogen-bond donors (Lipinski definition) is 2. The molecule has 0 aromatic heterocycles. The third-order valence-corrected chi connectivity index (χ3v) is 2.07. The van der Waals surface area contributed by atoms with Crippen LogP contribution in [-0.2, 0) is 4.74 Å². The zero-order valence-electron chi connectivity index (χ0n) is 9.54. The largest absolute Gasteiger partial charge is 0.453 e. The van der Waals surface area contributed by atoms with Gasteiger partial charge in [0.25, 0.3) is 6.43 Å². The Balaban J connectivity index is 2.69. The fourth-order valence-electron chi connectivity index (χ4n) is 1.18. The summed E-state index contributed by atoms with van der Waals surface area (Å²) >= 11 is 0. The molecule has 0 spiro atoms. The number of alkyl halides is 2. The molecule has 6 heteroatoms. The molecule has 17 heavy (non-hydrogen) atoms. The highest BCUT2D eigenvalue weighted by molar-refractivity contribution is 5.85. The van der Waals surface area contributed by atoms with Crippen LogP contribution in [0.1, 0.15) is 6.92 Å². The first-order valence-electron chi connectivity index (χ1n) is 5.02. The summed E-state index contributed by atoms with van der Waals surface area (Å²) in [4.78, 5) is 10.9. The summed E-state index contributed by atoms with van der Waals surface area (Å²) in [7, 11) is 1.25. The highest BCUT2D eigenvalue weighted by Crippen LogP contribution is 2.17. The van der Waals surface area contributed by atoms with Gasteiger partial charge < -0.3 is 10.1 Å². The van der Waals surface area contributed by atoms with Gasteiger partial charge in [-0.1, -0.05) is 6.07 Å². The van der Waals surface area contributed by atoms with Crippen molar-refractivity contribution in [2.75, 3.05) is 17.7 Å². The number of halogens is 2. The SMILES string of the molecule is COC(=O)Nc1cccc(NC(C)C(F)F)c1. The maximum Gasteiger partial charge on any atom is 0.411 e. The zero-order valence-corrected chi connectivity index (χ0v) is 9.54.